The molecule has 1 aliphatic rings. The SMILES string of the molecule is Nc1nc(=S)nc(N2CCN(c3ccccc3)CC2)[nH]1. The standard InChI is InChI=1S/C13H16N6S/c14-11-15-12(17-13(20)16-11)19-8-6-18(7-9-19)10-4-2-1-3-5-10/h1-5H,6-9H2,(H3,14,15,16,17,20). The second-order valence-corrected chi connectivity index (χ2v) is 5.01. The largest absolute Gasteiger partial charge is 0.369 e. The first-order chi connectivity index (χ1) is 9.72. The molecule has 0 aliphatic carbocycles. The highest BCUT2D eigenvalue weighted by molar-refractivity contribution is 7.71. The number of aromatic nitrogens is 3. The number of nitrogen functional groups attached to an aromatic ring is 1. The van der Waals surface area contributed by atoms with Crippen molar-refractivity contribution in [1.82, 2.24) is 15.0 Å². The Morgan fingerprint density at radius 3 is 2.30 bits per heavy atom. The molecule has 0 unspecified atom stereocenters. The Bertz CT molecular complexity index is 633. The summed E-state index contributed by atoms with van der Waals surface area (Å²) in [6, 6.07) is 10.4. The normalized spacial score (nSPS) is 15.4. The maximum atomic E-state index is 5.67. The Morgan fingerprint density at radius 2 is 1.65 bits per heavy atom. The highest BCUT2D eigenvalue weighted by atomic mass is 32.1. The number of piperazine rings is 1. The van der Waals surface area contributed by atoms with E-state index in [1.165, 1.54) is 5.69 Å². The molecule has 0 amide bonds. The highest BCUT2D eigenvalue weighted by Gasteiger charge is 2.18. The van der Waals surface area contributed by atoms with Gasteiger partial charge in [0.1, 0.15) is 0 Å². The van der Waals surface area contributed by atoms with Gasteiger partial charge >= 0.3 is 0 Å². The minimum Gasteiger partial charge on any atom is -0.369 e. The van der Waals surface area contributed by atoms with Crippen molar-refractivity contribution in [1.29, 1.82) is 0 Å². The first-order valence-electron chi connectivity index (χ1n) is 6.51. The van der Waals surface area contributed by atoms with Crippen LogP contribution in [0.15, 0.2) is 30.3 Å². The number of rotatable bonds is 2. The van der Waals surface area contributed by atoms with Gasteiger partial charge in [0.25, 0.3) is 0 Å². The molecule has 1 fully saturated rings. The third kappa shape index (κ3) is 2.72. The predicted octanol–water partition coefficient (Wildman–Crippen LogP) is 1.44. The topological polar surface area (TPSA) is 74.1 Å². The van der Waals surface area contributed by atoms with E-state index in [1.54, 1.807) is 0 Å². The van der Waals surface area contributed by atoms with Gasteiger partial charge in [0.2, 0.25) is 16.7 Å². The predicted molar refractivity (Wildman–Crippen MR) is 82.5 cm³/mol. The highest BCUT2D eigenvalue weighted by Crippen LogP contribution is 2.17. The van der Waals surface area contributed by atoms with E-state index < -0.39 is 0 Å². The zero-order chi connectivity index (χ0) is 13.9. The van der Waals surface area contributed by atoms with E-state index in [0.717, 1.165) is 26.2 Å². The lowest BCUT2D eigenvalue weighted by Gasteiger charge is -2.36. The molecule has 104 valence electrons. The van der Waals surface area contributed by atoms with Crippen molar-refractivity contribution >= 4 is 29.8 Å². The maximum Gasteiger partial charge on any atom is 0.225 e. The van der Waals surface area contributed by atoms with Crippen LogP contribution in [0.3, 0.4) is 0 Å². The van der Waals surface area contributed by atoms with E-state index in [4.69, 9.17) is 18.0 Å². The summed E-state index contributed by atoms with van der Waals surface area (Å²) in [6.07, 6.45) is 0. The van der Waals surface area contributed by atoms with Crippen LogP contribution in [0.4, 0.5) is 17.6 Å². The molecule has 7 heteroatoms. The number of nitrogens with zero attached hydrogens (tertiary/aromatic N) is 4. The molecule has 3 N–H and O–H groups in total. The van der Waals surface area contributed by atoms with Gasteiger partial charge in [-0.3, -0.25) is 4.98 Å². The van der Waals surface area contributed by atoms with Crippen LogP contribution in [-0.4, -0.2) is 41.1 Å². The first-order valence-corrected chi connectivity index (χ1v) is 6.92. The van der Waals surface area contributed by atoms with E-state index >= 15 is 0 Å². The van der Waals surface area contributed by atoms with Crippen molar-refractivity contribution in [3.63, 3.8) is 0 Å². The molecule has 1 aromatic carbocycles. The van der Waals surface area contributed by atoms with E-state index in [0.29, 0.717) is 11.9 Å². The summed E-state index contributed by atoms with van der Waals surface area (Å²) >= 11 is 5.00. The fraction of sp³-hybridized carbons (Fsp3) is 0.308. The molecule has 2 heterocycles. The molecule has 20 heavy (non-hydrogen) atoms. The lowest BCUT2D eigenvalue weighted by molar-refractivity contribution is 0.638. The van der Waals surface area contributed by atoms with Crippen LogP contribution in [0, 0.1) is 4.77 Å². The zero-order valence-corrected chi connectivity index (χ0v) is 11.8. The van der Waals surface area contributed by atoms with Crippen LogP contribution in [0.5, 0.6) is 0 Å². The molecule has 0 bridgehead atoms. The fourth-order valence-corrected chi connectivity index (χ4v) is 2.54. The molecule has 0 atom stereocenters. The number of anilines is 3. The summed E-state index contributed by atoms with van der Waals surface area (Å²) in [5.41, 5.74) is 6.93. The minimum atomic E-state index is 0.279. The molecule has 1 aliphatic heterocycles. The van der Waals surface area contributed by atoms with E-state index in [1.807, 2.05) is 6.07 Å². The second-order valence-electron chi connectivity index (χ2n) is 4.65. The molecule has 6 nitrogen and oxygen atoms in total. The maximum absolute atomic E-state index is 5.67. The van der Waals surface area contributed by atoms with E-state index in [-0.39, 0.29) is 4.77 Å². The lowest BCUT2D eigenvalue weighted by Crippen LogP contribution is -2.47. The van der Waals surface area contributed by atoms with Crippen molar-refractivity contribution in [2.24, 2.45) is 0 Å². The molecule has 1 aromatic heterocycles. The fourth-order valence-electron chi connectivity index (χ4n) is 2.35. The third-order valence-electron chi connectivity index (χ3n) is 3.36. The van der Waals surface area contributed by atoms with Gasteiger partial charge in [-0.15, -0.1) is 0 Å². The summed E-state index contributed by atoms with van der Waals surface area (Å²) in [6.45, 7) is 3.62. The average molecular weight is 288 g/mol. The average Bonchev–Trinajstić information content (AvgIpc) is 2.47. The van der Waals surface area contributed by atoms with Gasteiger partial charge < -0.3 is 15.5 Å². The number of nitrogens with one attached hydrogen (secondary N) is 1. The monoisotopic (exact) mass is 288 g/mol. The van der Waals surface area contributed by atoms with Gasteiger partial charge in [-0.1, -0.05) is 18.2 Å². The van der Waals surface area contributed by atoms with Crippen LogP contribution in [0.25, 0.3) is 0 Å². The van der Waals surface area contributed by atoms with Crippen molar-refractivity contribution in [3.8, 4) is 0 Å². The van der Waals surface area contributed by atoms with Gasteiger partial charge in [0, 0.05) is 31.9 Å². The second kappa shape index (κ2) is 5.46. The Balaban J connectivity index is 1.71. The Hall–Kier alpha value is -2.15. The van der Waals surface area contributed by atoms with Crippen LogP contribution in [0.1, 0.15) is 0 Å². The molecular weight excluding hydrogens is 272 g/mol. The van der Waals surface area contributed by atoms with Crippen LogP contribution < -0.4 is 15.5 Å². The Labute approximate surface area is 122 Å². The van der Waals surface area contributed by atoms with Gasteiger partial charge in [0.15, 0.2) is 0 Å². The number of aromatic amines is 1. The van der Waals surface area contributed by atoms with Crippen molar-refractivity contribution in [2.75, 3.05) is 41.7 Å². The number of H-pyrrole nitrogens is 1. The third-order valence-corrected chi connectivity index (χ3v) is 3.54. The number of nitrogens with two attached hydrogens (primary N) is 1. The number of hydrogen-bond acceptors (Lipinski definition) is 6. The van der Waals surface area contributed by atoms with Crippen molar-refractivity contribution < 1.29 is 0 Å². The Kier molecular flexibility index (Phi) is 3.51. The number of hydrogen-bond donors (Lipinski definition) is 2. The van der Waals surface area contributed by atoms with Crippen LogP contribution >= 0.6 is 12.2 Å². The van der Waals surface area contributed by atoms with E-state index in [9.17, 15) is 0 Å². The van der Waals surface area contributed by atoms with Gasteiger partial charge in [0.05, 0.1) is 0 Å². The summed E-state index contributed by atoms with van der Waals surface area (Å²) < 4.78 is 0.279. The minimum absolute atomic E-state index is 0.279. The summed E-state index contributed by atoms with van der Waals surface area (Å²) in [7, 11) is 0. The van der Waals surface area contributed by atoms with Crippen molar-refractivity contribution in [3.05, 3.63) is 35.1 Å². The molecule has 0 spiro atoms. The van der Waals surface area contributed by atoms with Gasteiger partial charge in [-0.25, -0.2) is 0 Å². The number of para-hydroxylation sites is 1. The summed E-state index contributed by atoms with van der Waals surface area (Å²) in [4.78, 5) is 15.6. The summed E-state index contributed by atoms with van der Waals surface area (Å²) in [5, 5.41) is 0. The van der Waals surface area contributed by atoms with Crippen LogP contribution in [0.2, 0.25) is 0 Å². The zero-order valence-electron chi connectivity index (χ0n) is 11.0. The lowest BCUT2D eigenvalue weighted by atomic mass is 10.2. The van der Waals surface area contributed by atoms with Crippen LogP contribution in [-0.2, 0) is 0 Å². The van der Waals surface area contributed by atoms with Crippen molar-refractivity contribution in [2.45, 2.75) is 0 Å². The first kappa shape index (κ1) is 12.9. The molecule has 3 rings (SSSR count). The smallest absolute Gasteiger partial charge is 0.225 e. The Morgan fingerprint density at radius 1 is 1.00 bits per heavy atom. The quantitative estimate of drug-likeness (QED) is 0.815. The molecule has 0 saturated carbocycles. The van der Waals surface area contributed by atoms with Gasteiger partial charge in [-0.2, -0.15) is 9.97 Å². The van der Waals surface area contributed by atoms with Gasteiger partial charge in [-0.05, 0) is 24.4 Å². The molecule has 2 aromatic rings. The summed E-state index contributed by atoms with van der Waals surface area (Å²) in [5.74, 6) is 1.01. The molecule has 0 radical (unpaired) electrons. The molecule has 1 saturated heterocycles. The molecular formula is C13H16N6S. The van der Waals surface area contributed by atoms with E-state index in [2.05, 4.69) is 49.0 Å². The number of benzene rings is 1.